The average Bonchev–Trinajstić information content (AvgIpc) is 3.41. The summed E-state index contributed by atoms with van der Waals surface area (Å²) in [5, 5.41) is 13.8. The van der Waals surface area contributed by atoms with E-state index >= 15 is 0 Å². The molecular weight excluding hydrogens is 490 g/mol. The summed E-state index contributed by atoms with van der Waals surface area (Å²) in [5.74, 6) is -3.37. The molecule has 194 valence electrons. The summed E-state index contributed by atoms with van der Waals surface area (Å²) in [6.45, 7) is 0.861. The Morgan fingerprint density at radius 2 is 1.73 bits per heavy atom. The van der Waals surface area contributed by atoms with E-state index in [1.54, 1.807) is 24.3 Å². The minimum absolute atomic E-state index is 0.0216. The highest BCUT2D eigenvalue weighted by Gasteiger charge is 2.62. The summed E-state index contributed by atoms with van der Waals surface area (Å²) in [7, 11) is 0. The molecule has 2 heterocycles. The second kappa shape index (κ2) is 10.6. The van der Waals surface area contributed by atoms with Gasteiger partial charge in [-0.3, -0.25) is 24.5 Å². The molecule has 3 atom stereocenters. The number of alkyl carbamates (subject to hydrolysis) is 1. The van der Waals surface area contributed by atoms with Gasteiger partial charge in [-0.2, -0.15) is 5.06 Å². The van der Waals surface area contributed by atoms with E-state index in [1.165, 1.54) is 31.2 Å². The largest absolute Gasteiger partial charge is 0.456 e. The Bertz CT molecular complexity index is 1200. The average molecular weight is 513 g/mol. The van der Waals surface area contributed by atoms with Crippen molar-refractivity contribution in [2.45, 2.75) is 38.3 Å². The lowest BCUT2D eigenvalue weighted by Gasteiger charge is -2.32. The maximum absolute atomic E-state index is 13.1. The number of carbonyl (C=O) groups is 4. The number of esters is 2. The van der Waals surface area contributed by atoms with Crippen LogP contribution in [0.4, 0.5) is 10.5 Å². The number of rotatable bonds is 8. The Kier molecular flexibility index (Phi) is 7.34. The SMILES string of the molecule is CC1CC(C(=O)OCc2ccc([N+](=O)[O-])cc2)(N2OCC(NC(=O)OCc3ccccc3)C2=O)OC1=O. The zero-order valence-electron chi connectivity index (χ0n) is 19.7. The Morgan fingerprint density at radius 3 is 2.35 bits per heavy atom. The number of nitro groups is 1. The van der Waals surface area contributed by atoms with Crippen LogP contribution in [0.3, 0.4) is 0 Å². The Hall–Kier alpha value is -4.52. The molecule has 0 bridgehead atoms. The first-order chi connectivity index (χ1) is 17.7. The second-order valence-corrected chi connectivity index (χ2v) is 8.50. The Labute approximate surface area is 210 Å². The monoisotopic (exact) mass is 513 g/mol. The molecule has 2 saturated heterocycles. The van der Waals surface area contributed by atoms with Crippen molar-refractivity contribution >= 4 is 29.6 Å². The van der Waals surface area contributed by atoms with Crippen molar-refractivity contribution in [3.05, 3.63) is 75.8 Å². The molecule has 0 saturated carbocycles. The predicted octanol–water partition coefficient (Wildman–Crippen LogP) is 1.99. The minimum atomic E-state index is -2.20. The molecule has 2 aliphatic rings. The Morgan fingerprint density at radius 1 is 1.08 bits per heavy atom. The van der Waals surface area contributed by atoms with Crippen LogP contribution in [0.25, 0.3) is 0 Å². The summed E-state index contributed by atoms with van der Waals surface area (Å²) in [5.41, 5.74) is -1.16. The van der Waals surface area contributed by atoms with E-state index in [9.17, 15) is 29.3 Å². The molecule has 13 nitrogen and oxygen atoms in total. The molecule has 0 aromatic heterocycles. The van der Waals surface area contributed by atoms with Crippen LogP contribution in [0.15, 0.2) is 54.6 Å². The second-order valence-electron chi connectivity index (χ2n) is 8.50. The molecule has 37 heavy (non-hydrogen) atoms. The highest BCUT2D eigenvalue weighted by Crippen LogP contribution is 2.38. The fourth-order valence-corrected chi connectivity index (χ4v) is 3.83. The molecule has 4 rings (SSSR count). The fourth-order valence-electron chi connectivity index (χ4n) is 3.83. The van der Waals surface area contributed by atoms with Crippen molar-refractivity contribution < 1.29 is 43.1 Å². The van der Waals surface area contributed by atoms with Gasteiger partial charge in [-0.05, 0) is 23.3 Å². The lowest BCUT2D eigenvalue weighted by molar-refractivity contribution is -0.384. The lowest BCUT2D eigenvalue weighted by Crippen LogP contribution is -2.57. The number of cyclic esters (lactones) is 1. The van der Waals surface area contributed by atoms with Crippen molar-refractivity contribution in [3.63, 3.8) is 0 Å². The van der Waals surface area contributed by atoms with Crippen molar-refractivity contribution in [1.82, 2.24) is 10.4 Å². The van der Waals surface area contributed by atoms with Crippen LogP contribution in [0, 0.1) is 16.0 Å². The zero-order chi connectivity index (χ0) is 26.6. The third-order valence-corrected chi connectivity index (χ3v) is 5.79. The molecule has 2 aromatic rings. The lowest BCUT2D eigenvalue weighted by atomic mass is 10.0. The van der Waals surface area contributed by atoms with Crippen molar-refractivity contribution in [1.29, 1.82) is 0 Å². The predicted molar refractivity (Wildman–Crippen MR) is 122 cm³/mol. The number of nitrogens with zero attached hydrogens (tertiary/aromatic N) is 2. The standard InChI is InChI=1S/C24H23N3O10/c1-15-11-24(37-21(15)29,22(30)34-12-17-7-9-18(10-8-17)27(32)33)26-20(28)19(14-36-26)25-23(31)35-13-16-5-3-2-4-6-16/h2-10,15,19H,11-14H2,1H3,(H,25,31). The van der Waals surface area contributed by atoms with Crippen molar-refractivity contribution in [2.24, 2.45) is 5.92 Å². The minimum Gasteiger partial charge on any atom is -0.456 e. The maximum atomic E-state index is 13.1. The number of carbonyl (C=O) groups excluding carboxylic acids is 4. The molecule has 0 spiro atoms. The molecule has 2 fully saturated rings. The zero-order valence-corrected chi connectivity index (χ0v) is 19.7. The smallest absolute Gasteiger partial charge is 0.408 e. The summed E-state index contributed by atoms with van der Waals surface area (Å²) >= 11 is 0. The van der Waals surface area contributed by atoms with Crippen LogP contribution in [0.1, 0.15) is 24.5 Å². The van der Waals surface area contributed by atoms with Gasteiger partial charge < -0.3 is 19.5 Å². The molecule has 2 amide bonds. The van der Waals surface area contributed by atoms with E-state index in [1.807, 2.05) is 6.07 Å². The number of ether oxygens (including phenoxy) is 3. The summed E-state index contributed by atoms with van der Waals surface area (Å²) in [6.07, 6.45) is -1.11. The van der Waals surface area contributed by atoms with Gasteiger partial charge in [0.15, 0.2) is 0 Å². The van der Waals surface area contributed by atoms with E-state index in [0.29, 0.717) is 10.6 Å². The van der Waals surface area contributed by atoms with Crippen molar-refractivity contribution in [2.75, 3.05) is 6.61 Å². The number of benzene rings is 2. The van der Waals surface area contributed by atoms with Crippen LogP contribution in [0.5, 0.6) is 0 Å². The Balaban J connectivity index is 1.41. The quantitative estimate of drug-likeness (QED) is 0.239. The van der Waals surface area contributed by atoms with Gasteiger partial charge in [-0.1, -0.05) is 37.3 Å². The van der Waals surface area contributed by atoms with Gasteiger partial charge in [-0.25, -0.2) is 9.59 Å². The number of hydrogen-bond acceptors (Lipinski definition) is 10. The first-order valence-corrected chi connectivity index (χ1v) is 11.3. The maximum Gasteiger partial charge on any atom is 0.408 e. The van der Waals surface area contributed by atoms with E-state index in [2.05, 4.69) is 5.32 Å². The molecule has 1 N–H and O–H groups in total. The topological polar surface area (TPSA) is 164 Å². The molecule has 0 radical (unpaired) electrons. The number of hydroxylamine groups is 2. The van der Waals surface area contributed by atoms with Crippen LogP contribution in [0.2, 0.25) is 0 Å². The van der Waals surface area contributed by atoms with Crippen molar-refractivity contribution in [3.8, 4) is 0 Å². The number of hydrogen-bond donors (Lipinski definition) is 1. The molecule has 2 aromatic carbocycles. The highest BCUT2D eigenvalue weighted by molar-refractivity contribution is 5.94. The van der Waals surface area contributed by atoms with Crippen LogP contribution in [-0.2, 0) is 46.6 Å². The molecule has 3 unspecified atom stereocenters. The number of amides is 2. The van der Waals surface area contributed by atoms with Gasteiger partial charge in [0.2, 0.25) is 0 Å². The van der Waals surface area contributed by atoms with E-state index in [4.69, 9.17) is 19.0 Å². The van der Waals surface area contributed by atoms with Crippen LogP contribution >= 0.6 is 0 Å². The molecular formula is C24H23N3O10. The fraction of sp³-hybridized carbons (Fsp3) is 0.333. The first-order valence-electron chi connectivity index (χ1n) is 11.3. The van der Waals surface area contributed by atoms with Gasteiger partial charge in [0.25, 0.3) is 11.6 Å². The van der Waals surface area contributed by atoms with Crippen LogP contribution < -0.4 is 5.32 Å². The van der Waals surface area contributed by atoms with E-state index < -0.39 is 46.5 Å². The number of nitrogens with one attached hydrogen (secondary N) is 1. The third-order valence-electron chi connectivity index (χ3n) is 5.79. The molecule has 13 heteroatoms. The number of nitro benzene ring substituents is 1. The summed E-state index contributed by atoms with van der Waals surface area (Å²) in [6, 6.07) is 13.0. The summed E-state index contributed by atoms with van der Waals surface area (Å²) in [4.78, 5) is 66.3. The van der Waals surface area contributed by atoms with Gasteiger partial charge in [-0.15, -0.1) is 0 Å². The van der Waals surface area contributed by atoms with Crippen LogP contribution in [-0.4, -0.2) is 52.3 Å². The molecule has 0 aliphatic carbocycles. The summed E-state index contributed by atoms with van der Waals surface area (Å²) < 4.78 is 15.7. The van der Waals surface area contributed by atoms with Gasteiger partial charge in [0.1, 0.15) is 25.9 Å². The van der Waals surface area contributed by atoms with Gasteiger partial charge in [0, 0.05) is 18.6 Å². The first kappa shape index (κ1) is 25.6. The van der Waals surface area contributed by atoms with E-state index in [-0.39, 0.29) is 31.9 Å². The molecule has 2 aliphatic heterocycles. The normalized spacial score (nSPS) is 22.9. The highest BCUT2D eigenvalue weighted by atomic mass is 16.8. The van der Waals surface area contributed by atoms with Gasteiger partial charge in [0.05, 0.1) is 10.8 Å². The third kappa shape index (κ3) is 5.51. The van der Waals surface area contributed by atoms with E-state index in [0.717, 1.165) is 5.56 Å². The van der Waals surface area contributed by atoms with Gasteiger partial charge >= 0.3 is 23.8 Å². The number of non-ortho nitro benzene ring substituents is 1.